The van der Waals surface area contributed by atoms with E-state index in [0.29, 0.717) is 29.6 Å². The van der Waals surface area contributed by atoms with Crippen LogP contribution in [-0.4, -0.2) is 51.6 Å². The van der Waals surface area contributed by atoms with Crippen molar-refractivity contribution in [2.75, 3.05) is 20.8 Å². The Labute approximate surface area is 214 Å². The molecule has 0 aliphatic heterocycles. The third-order valence-corrected chi connectivity index (χ3v) is 6.31. The van der Waals surface area contributed by atoms with E-state index in [2.05, 4.69) is 25.6 Å². The number of carbonyl (C=O) groups excluding carboxylic acids is 1. The predicted molar refractivity (Wildman–Crippen MR) is 138 cm³/mol. The van der Waals surface area contributed by atoms with Crippen molar-refractivity contribution in [3.63, 3.8) is 0 Å². The molecule has 0 aliphatic carbocycles. The van der Waals surface area contributed by atoms with E-state index in [-0.39, 0.29) is 11.6 Å². The zero-order chi connectivity index (χ0) is 25.5. The third-order valence-electron chi connectivity index (χ3n) is 5.45. The van der Waals surface area contributed by atoms with Crippen molar-refractivity contribution in [3.05, 3.63) is 82.9 Å². The van der Waals surface area contributed by atoms with Gasteiger partial charge in [0.05, 0.1) is 25.6 Å². The molecule has 0 spiro atoms. The Bertz CT molecular complexity index is 1300. The van der Waals surface area contributed by atoms with Crippen molar-refractivity contribution in [1.29, 1.82) is 0 Å². The van der Waals surface area contributed by atoms with Crippen LogP contribution in [0.1, 0.15) is 33.1 Å². The van der Waals surface area contributed by atoms with E-state index in [4.69, 9.17) is 9.47 Å². The molecular weight excluding hydrogens is 476 g/mol. The van der Waals surface area contributed by atoms with Crippen LogP contribution in [0.3, 0.4) is 0 Å². The van der Waals surface area contributed by atoms with Gasteiger partial charge in [-0.15, -0.1) is 5.10 Å². The summed E-state index contributed by atoms with van der Waals surface area (Å²) in [4.78, 5) is 22.1. The first kappa shape index (κ1) is 25.2. The molecule has 0 saturated carbocycles. The van der Waals surface area contributed by atoms with Gasteiger partial charge in [0.1, 0.15) is 11.5 Å². The second-order valence-electron chi connectivity index (χ2n) is 8.07. The van der Waals surface area contributed by atoms with Crippen LogP contribution in [0.5, 0.6) is 11.5 Å². The molecular formula is C26H28N6O3S. The molecule has 2 aromatic heterocycles. The molecule has 0 aliphatic rings. The normalized spacial score (nSPS) is 10.8. The highest BCUT2D eigenvalue weighted by Crippen LogP contribution is 2.24. The van der Waals surface area contributed by atoms with Crippen LogP contribution in [-0.2, 0) is 12.2 Å². The summed E-state index contributed by atoms with van der Waals surface area (Å²) < 4.78 is 12.1. The largest absolute Gasteiger partial charge is 0.497 e. The number of nitrogens with zero attached hydrogens (tertiary/aromatic N) is 5. The third kappa shape index (κ3) is 6.19. The Hall–Kier alpha value is -3.92. The van der Waals surface area contributed by atoms with Crippen LogP contribution >= 0.6 is 11.8 Å². The van der Waals surface area contributed by atoms with Gasteiger partial charge in [0.2, 0.25) is 0 Å². The van der Waals surface area contributed by atoms with Crippen LogP contribution in [0.2, 0.25) is 0 Å². The summed E-state index contributed by atoms with van der Waals surface area (Å²) >= 11 is 1.44. The molecule has 36 heavy (non-hydrogen) atoms. The summed E-state index contributed by atoms with van der Waals surface area (Å²) in [6.45, 7) is 4.33. The molecule has 0 radical (unpaired) electrons. The number of aryl methyl sites for hydroxylation is 2. The average molecular weight is 505 g/mol. The Morgan fingerprint density at radius 2 is 1.56 bits per heavy atom. The minimum Gasteiger partial charge on any atom is -0.497 e. The Kier molecular flexibility index (Phi) is 8.17. The molecule has 1 N–H and O–H groups in total. The number of benzene rings is 2. The number of nitrogens with one attached hydrogen (secondary N) is 1. The maximum atomic E-state index is 13.1. The van der Waals surface area contributed by atoms with E-state index < -0.39 is 0 Å². The highest BCUT2D eigenvalue weighted by molar-refractivity contribution is 7.98. The summed E-state index contributed by atoms with van der Waals surface area (Å²) in [6, 6.07) is 17.1. The van der Waals surface area contributed by atoms with E-state index in [9.17, 15) is 4.79 Å². The first-order chi connectivity index (χ1) is 17.5. The smallest absolute Gasteiger partial charge is 0.273 e. The number of methoxy groups -OCH3 is 2. The molecule has 10 heteroatoms. The summed E-state index contributed by atoms with van der Waals surface area (Å²) in [7, 11) is 3.25. The summed E-state index contributed by atoms with van der Waals surface area (Å²) in [5.74, 6) is 1.67. The van der Waals surface area contributed by atoms with Crippen molar-refractivity contribution in [3.8, 4) is 17.2 Å². The van der Waals surface area contributed by atoms with Gasteiger partial charge >= 0.3 is 0 Å². The lowest BCUT2D eigenvalue weighted by Gasteiger charge is -2.10. The van der Waals surface area contributed by atoms with Crippen LogP contribution in [0.4, 0.5) is 0 Å². The first-order valence-electron chi connectivity index (χ1n) is 11.4. The lowest BCUT2D eigenvalue weighted by atomic mass is 10.1. The van der Waals surface area contributed by atoms with Gasteiger partial charge in [0, 0.05) is 23.7 Å². The van der Waals surface area contributed by atoms with Crippen molar-refractivity contribution in [2.24, 2.45) is 0 Å². The summed E-state index contributed by atoms with van der Waals surface area (Å²) in [5, 5.41) is 12.1. The van der Waals surface area contributed by atoms with E-state index in [1.54, 1.807) is 18.9 Å². The zero-order valence-electron chi connectivity index (χ0n) is 20.7. The SMILES string of the molecule is COc1ccc(CCNC(=O)c2nnn(-c3ccc(OC)cc3)c2CSc2nc(C)cc(C)n2)cc1. The molecule has 2 heterocycles. The Balaban J connectivity index is 1.53. The lowest BCUT2D eigenvalue weighted by Crippen LogP contribution is -2.27. The van der Waals surface area contributed by atoms with Crippen LogP contribution < -0.4 is 14.8 Å². The van der Waals surface area contributed by atoms with Crippen LogP contribution in [0.15, 0.2) is 59.8 Å². The minimum atomic E-state index is -0.278. The Morgan fingerprint density at radius 3 is 2.17 bits per heavy atom. The van der Waals surface area contributed by atoms with Crippen molar-refractivity contribution in [1.82, 2.24) is 30.3 Å². The minimum absolute atomic E-state index is 0.275. The van der Waals surface area contributed by atoms with Gasteiger partial charge in [0.15, 0.2) is 10.9 Å². The Morgan fingerprint density at radius 1 is 0.944 bits per heavy atom. The molecule has 0 bridgehead atoms. The number of carbonyl (C=O) groups is 1. The fourth-order valence-corrected chi connectivity index (χ4v) is 4.57. The second kappa shape index (κ2) is 11.7. The van der Waals surface area contributed by atoms with Crippen molar-refractivity contribution >= 4 is 17.7 Å². The number of hydrogen-bond donors (Lipinski definition) is 1. The highest BCUT2D eigenvalue weighted by atomic mass is 32.2. The topological polar surface area (TPSA) is 104 Å². The van der Waals surface area contributed by atoms with Gasteiger partial charge < -0.3 is 14.8 Å². The number of rotatable bonds is 10. The van der Waals surface area contributed by atoms with Crippen molar-refractivity contribution < 1.29 is 14.3 Å². The van der Waals surface area contributed by atoms with Gasteiger partial charge in [-0.3, -0.25) is 4.79 Å². The monoisotopic (exact) mass is 504 g/mol. The summed E-state index contributed by atoms with van der Waals surface area (Å²) in [6.07, 6.45) is 0.683. The number of aromatic nitrogens is 5. The molecule has 2 aromatic carbocycles. The van der Waals surface area contributed by atoms with Gasteiger partial charge in [-0.25, -0.2) is 14.6 Å². The quantitative estimate of drug-likeness (QED) is 0.256. The lowest BCUT2D eigenvalue weighted by molar-refractivity contribution is 0.0948. The van der Waals surface area contributed by atoms with Crippen LogP contribution in [0, 0.1) is 13.8 Å². The van der Waals surface area contributed by atoms with Crippen LogP contribution in [0.25, 0.3) is 5.69 Å². The number of amides is 1. The predicted octanol–water partition coefficient (Wildman–Crippen LogP) is 3.96. The molecule has 9 nitrogen and oxygen atoms in total. The fraction of sp³-hybridized carbons (Fsp3) is 0.269. The fourth-order valence-electron chi connectivity index (χ4n) is 3.63. The van der Waals surface area contributed by atoms with E-state index in [1.807, 2.05) is 68.4 Å². The second-order valence-corrected chi connectivity index (χ2v) is 9.01. The standard InChI is InChI=1S/C26H28N6O3S/c1-17-15-18(2)29-26(28-17)36-16-23-24(30-31-32(23)20-7-11-22(35-4)12-8-20)25(33)27-14-13-19-5-9-21(34-3)10-6-19/h5-12,15H,13-14,16H2,1-4H3,(H,27,33). The van der Waals surface area contributed by atoms with E-state index >= 15 is 0 Å². The number of hydrogen-bond acceptors (Lipinski definition) is 8. The average Bonchev–Trinajstić information content (AvgIpc) is 3.31. The molecule has 0 atom stereocenters. The molecule has 1 amide bonds. The molecule has 4 aromatic rings. The van der Waals surface area contributed by atoms with Gasteiger partial charge in [-0.1, -0.05) is 29.1 Å². The molecule has 0 fully saturated rings. The summed E-state index contributed by atoms with van der Waals surface area (Å²) in [5.41, 5.74) is 4.59. The zero-order valence-corrected chi connectivity index (χ0v) is 21.5. The first-order valence-corrected chi connectivity index (χ1v) is 12.4. The van der Waals surface area contributed by atoms with E-state index in [1.165, 1.54) is 11.8 Å². The maximum absolute atomic E-state index is 13.1. The number of thioether (sulfide) groups is 1. The molecule has 4 rings (SSSR count). The van der Waals surface area contributed by atoms with Gasteiger partial charge in [-0.05, 0) is 68.3 Å². The van der Waals surface area contributed by atoms with Gasteiger partial charge in [-0.2, -0.15) is 0 Å². The molecule has 186 valence electrons. The van der Waals surface area contributed by atoms with Gasteiger partial charge in [0.25, 0.3) is 5.91 Å². The van der Waals surface area contributed by atoms with E-state index in [0.717, 1.165) is 34.1 Å². The highest BCUT2D eigenvalue weighted by Gasteiger charge is 2.21. The number of ether oxygens (including phenoxy) is 2. The maximum Gasteiger partial charge on any atom is 0.273 e. The molecule has 0 saturated heterocycles. The van der Waals surface area contributed by atoms with Crippen molar-refractivity contribution in [2.45, 2.75) is 31.2 Å². The molecule has 0 unspecified atom stereocenters.